The molecule has 220 valence electrons. The summed E-state index contributed by atoms with van der Waals surface area (Å²) in [6.07, 6.45) is -3.38. The Balaban J connectivity index is 0.000000333. The highest BCUT2D eigenvalue weighted by molar-refractivity contribution is 6.31. The number of H-pyrrole nitrogens is 1. The summed E-state index contributed by atoms with van der Waals surface area (Å²) in [4.78, 5) is 33.6. The number of imidazole rings is 1. The predicted molar refractivity (Wildman–Crippen MR) is 130 cm³/mol. The van der Waals surface area contributed by atoms with E-state index in [1.807, 2.05) is 6.07 Å². The van der Waals surface area contributed by atoms with E-state index in [0.29, 0.717) is 17.4 Å². The molecule has 1 aromatic carbocycles. The second-order valence-corrected chi connectivity index (χ2v) is 8.85. The van der Waals surface area contributed by atoms with Gasteiger partial charge in [0.25, 0.3) is 0 Å². The number of nitrogens with one attached hydrogen (secondary N) is 2. The van der Waals surface area contributed by atoms with Crippen LogP contribution in [0.25, 0.3) is 11.2 Å². The van der Waals surface area contributed by atoms with E-state index in [9.17, 15) is 26.3 Å². The summed E-state index contributed by atoms with van der Waals surface area (Å²) < 4.78 is 69.3. The summed E-state index contributed by atoms with van der Waals surface area (Å²) in [5, 5.41) is 18.5. The fourth-order valence-electron chi connectivity index (χ4n) is 3.66. The number of nitrogens with zero attached hydrogens (tertiary/aromatic N) is 3. The molecule has 0 saturated heterocycles. The molecule has 4 N–H and O–H groups in total. The van der Waals surface area contributed by atoms with E-state index in [4.69, 9.17) is 36.1 Å². The van der Waals surface area contributed by atoms with Crippen molar-refractivity contribution in [1.82, 2.24) is 19.9 Å². The fraction of sp³-hybridized carbons (Fsp3) is 0.435. The third kappa shape index (κ3) is 8.09. The van der Waals surface area contributed by atoms with Crippen LogP contribution in [-0.4, -0.2) is 61.5 Å². The Morgan fingerprint density at radius 2 is 1.65 bits per heavy atom. The van der Waals surface area contributed by atoms with Gasteiger partial charge in [0, 0.05) is 16.1 Å². The molecule has 0 radical (unpaired) electrons. The molecular weight excluding hydrogens is 576 g/mol. The number of hydrogen-bond donors (Lipinski definition) is 4. The number of aliphatic carboxylic acids is 2. The molecular formula is C23H24ClF6N5O5. The van der Waals surface area contributed by atoms with Crippen LogP contribution in [0.3, 0.4) is 0 Å². The number of carboxylic acid groups (broad SMARTS) is 2. The fourth-order valence-corrected chi connectivity index (χ4v) is 3.88. The molecule has 3 aromatic rings. The van der Waals surface area contributed by atoms with Crippen molar-refractivity contribution in [3.8, 4) is 5.75 Å². The van der Waals surface area contributed by atoms with Crippen LogP contribution in [0.4, 0.5) is 32.2 Å². The highest BCUT2D eigenvalue weighted by Crippen LogP contribution is 2.47. The third-order valence-electron chi connectivity index (χ3n) is 5.80. The van der Waals surface area contributed by atoms with Crippen molar-refractivity contribution in [2.75, 3.05) is 12.4 Å². The molecule has 17 heteroatoms. The first-order valence-corrected chi connectivity index (χ1v) is 11.7. The van der Waals surface area contributed by atoms with E-state index in [0.717, 1.165) is 27.4 Å². The Morgan fingerprint density at radius 1 is 1.10 bits per heavy atom. The number of fused-ring (bicyclic) bond motifs is 1. The van der Waals surface area contributed by atoms with E-state index in [-0.39, 0.29) is 6.04 Å². The summed E-state index contributed by atoms with van der Waals surface area (Å²) in [6, 6.07) is 1.96. The number of anilines is 1. The summed E-state index contributed by atoms with van der Waals surface area (Å²) >= 11 is 6.57. The van der Waals surface area contributed by atoms with Gasteiger partial charge in [0.1, 0.15) is 17.6 Å². The molecule has 0 amide bonds. The van der Waals surface area contributed by atoms with Crippen molar-refractivity contribution in [2.24, 2.45) is 0 Å². The van der Waals surface area contributed by atoms with Gasteiger partial charge in [0.15, 0.2) is 11.5 Å². The minimum atomic E-state index is -5.08. The SMILES string of the molecule is COc1c(C(C)Nc2ncnc3nc[nH]c23)cc(Cl)c(C)c1C1CCC1.O=C(O)C(F)(F)F.O=C(O)C(F)(F)F. The number of benzene rings is 1. The van der Waals surface area contributed by atoms with Crippen molar-refractivity contribution < 1.29 is 50.9 Å². The lowest BCUT2D eigenvalue weighted by molar-refractivity contribution is -0.193. The molecule has 40 heavy (non-hydrogen) atoms. The van der Waals surface area contributed by atoms with Gasteiger partial charge in [-0.25, -0.2) is 24.5 Å². The Morgan fingerprint density at radius 3 is 2.10 bits per heavy atom. The van der Waals surface area contributed by atoms with Gasteiger partial charge in [0.2, 0.25) is 0 Å². The van der Waals surface area contributed by atoms with Gasteiger partial charge in [-0.05, 0) is 44.2 Å². The Labute approximate surface area is 227 Å². The third-order valence-corrected chi connectivity index (χ3v) is 6.19. The molecule has 10 nitrogen and oxygen atoms in total. The largest absolute Gasteiger partial charge is 0.496 e. The van der Waals surface area contributed by atoms with Crippen LogP contribution in [0.15, 0.2) is 18.7 Å². The predicted octanol–water partition coefficient (Wildman–Crippen LogP) is 6.03. The summed E-state index contributed by atoms with van der Waals surface area (Å²) in [5.74, 6) is -3.33. The lowest BCUT2D eigenvalue weighted by Crippen LogP contribution is -2.21. The number of carboxylic acids is 2. The van der Waals surface area contributed by atoms with Gasteiger partial charge < -0.3 is 25.3 Å². The van der Waals surface area contributed by atoms with Crippen LogP contribution in [0.1, 0.15) is 54.8 Å². The van der Waals surface area contributed by atoms with E-state index >= 15 is 0 Å². The number of rotatable bonds is 5. The van der Waals surface area contributed by atoms with E-state index in [1.54, 1.807) is 13.4 Å². The van der Waals surface area contributed by atoms with Gasteiger partial charge in [-0.15, -0.1) is 0 Å². The molecule has 2 heterocycles. The first kappa shape index (κ1) is 32.4. The number of aromatic amines is 1. The molecule has 1 fully saturated rings. The molecule has 1 aliphatic rings. The van der Waals surface area contributed by atoms with Crippen LogP contribution < -0.4 is 10.1 Å². The second kappa shape index (κ2) is 13.0. The van der Waals surface area contributed by atoms with Crippen LogP contribution in [0, 0.1) is 6.92 Å². The molecule has 0 spiro atoms. The van der Waals surface area contributed by atoms with Gasteiger partial charge in [-0.3, -0.25) is 0 Å². The monoisotopic (exact) mass is 599 g/mol. The molecule has 0 bridgehead atoms. The molecule has 2 aromatic heterocycles. The van der Waals surface area contributed by atoms with Crippen molar-refractivity contribution in [3.63, 3.8) is 0 Å². The minimum absolute atomic E-state index is 0.0386. The Bertz CT molecular complexity index is 1320. The second-order valence-electron chi connectivity index (χ2n) is 8.44. The van der Waals surface area contributed by atoms with Crippen molar-refractivity contribution in [1.29, 1.82) is 0 Å². The van der Waals surface area contributed by atoms with Gasteiger partial charge in [-0.2, -0.15) is 26.3 Å². The molecule has 1 aliphatic carbocycles. The van der Waals surface area contributed by atoms with Gasteiger partial charge in [0.05, 0.1) is 19.5 Å². The topological polar surface area (TPSA) is 150 Å². The van der Waals surface area contributed by atoms with Crippen molar-refractivity contribution in [3.05, 3.63) is 40.4 Å². The van der Waals surface area contributed by atoms with Crippen LogP contribution >= 0.6 is 11.6 Å². The van der Waals surface area contributed by atoms with E-state index in [1.165, 1.54) is 31.2 Å². The Hall–Kier alpha value is -3.82. The molecule has 1 unspecified atom stereocenters. The zero-order valence-corrected chi connectivity index (χ0v) is 21.9. The van der Waals surface area contributed by atoms with Crippen LogP contribution in [0.5, 0.6) is 5.75 Å². The number of hydrogen-bond acceptors (Lipinski definition) is 7. The normalized spacial score (nSPS) is 14.2. The first-order valence-electron chi connectivity index (χ1n) is 11.4. The maximum absolute atomic E-state index is 10.6. The number of alkyl halides is 6. The average Bonchev–Trinajstić information content (AvgIpc) is 3.30. The van der Waals surface area contributed by atoms with Crippen LogP contribution in [-0.2, 0) is 9.59 Å². The summed E-state index contributed by atoms with van der Waals surface area (Å²) in [5.41, 5.74) is 4.84. The van der Waals surface area contributed by atoms with Crippen molar-refractivity contribution >= 4 is 40.5 Å². The smallest absolute Gasteiger partial charge is 0.490 e. The zero-order chi connectivity index (χ0) is 30.4. The van der Waals surface area contributed by atoms with Gasteiger partial charge >= 0.3 is 24.3 Å². The van der Waals surface area contributed by atoms with Gasteiger partial charge in [-0.1, -0.05) is 18.0 Å². The quantitative estimate of drug-likeness (QED) is 0.258. The summed E-state index contributed by atoms with van der Waals surface area (Å²) in [7, 11) is 1.73. The molecule has 1 atom stereocenters. The molecule has 4 rings (SSSR count). The highest BCUT2D eigenvalue weighted by Gasteiger charge is 2.39. The first-order chi connectivity index (χ1) is 18.5. The van der Waals surface area contributed by atoms with Crippen LogP contribution in [0.2, 0.25) is 5.02 Å². The Kier molecular flexibility index (Phi) is 10.5. The number of aromatic nitrogens is 4. The van der Waals surface area contributed by atoms with Crippen molar-refractivity contribution in [2.45, 2.75) is 57.4 Å². The summed E-state index contributed by atoms with van der Waals surface area (Å²) in [6.45, 7) is 4.16. The zero-order valence-electron chi connectivity index (χ0n) is 21.1. The maximum Gasteiger partial charge on any atom is 0.490 e. The number of halogens is 7. The number of ether oxygens (including phenoxy) is 1. The van der Waals surface area contributed by atoms with E-state index in [2.05, 4.69) is 39.1 Å². The lowest BCUT2D eigenvalue weighted by Gasteiger charge is -2.31. The number of methoxy groups -OCH3 is 1. The molecule has 0 aliphatic heterocycles. The standard InChI is InChI=1S/C19H22ClN5O.2C2HF3O2/c1-10-14(20)7-13(17(26-3)15(10)12-5-4-6-12)11(2)25-19-16-18(22-8-21-16)23-9-24-19;2*3-2(4,5)1(6)7/h7-9,11-12H,4-6H2,1-3H3,(H2,21,22,23,24,25);2*(H,6,7). The lowest BCUT2D eigenvalue weighted by atomic mass is 9.77. The van der Waals surface area contributed by atoms with E-state index < -0.39 is 24.3 Å². The highest BCUT2D eigenvalue weighted by atomic mass is 35.5. The maximum atomic E-state index is 10.6. The average molecular weight is 600 g/mol. The minimum Gasteiger partial charge on any atom is -0.496 e. The number of carbonyl (C=O) groups is 2. The molecule has 1 saturated carbocycles.